The maximum absolute atomic E-state index is 12.0. The van der Waals surface area contributed by atoms with Crippen LogP contribution in [-0.2, 0) is 17.8 Å². The lowest BCUT2D eigenvalue weighted by atomic mass is 10.1. The van der Waals surface area contributed by atoms with Crippen molar-refractivity contribution in [2.45, 2.75) is 26.3 Å². The molecule has 0 fully saturated rings. The molecule has 0 atom stereocenters. The van der Waals surface area contributed by atoms with Crippen LogP contribution in [0.25, 0.3) is 11.4 Å². The van der Waals surface area contributed by atoms with Gasteiger partial charge in [-0.05, 0) is 42.3 Å². The standard InChI is InChI=1S/C19H18ClN3O2/c1-13-4-2-3-5-15(13)12-21-17(24)10-11-18-22-19(23-25-18)14-6-8-16(20)9-7-14/h2-9H,10-12H2,1H3,(H,21,24). The van der Waals surface area contributed by atoms with E-state index in [9.17, 15) is 4.79 Å². The summed E-state index contributed by atoms with van der Waals surface area (Å²) in [5.74, 6) is 0.887. The molecule has 128 valence electrons. The van der Waals surface area contributed by atoms with Crippen LogP contribution in [0.15, 0.2) is 53.1 Å². The molecule has 0 spiro atoms. The van der Waals surface area contributed by atoms with Crippen LogP contribution < -0.4 is 5.32 Å². The van der Waals surface area contributed by atoms with Gasteiger partial charge in [-0.1, -0.05) is 41.0 Å². The van der Waals surface area contributed by atoms with Gasteiger partial charge < -0.3 is 9.84 Å². The van der Waals surface area contributed by atoms with Crippen LogP contribution in [-0.4, -0.2) is 16.0 Å². The molecule has 2 aromatic carbocycles. The van der Waals surface area contributed by atoms with Gasteiger partial charge in [0.25, 0.3) is 0 Å². The minimum absolute atomic E-state index is 0.0468. The molecule has 1 N–H and O–H groups in total. The third-order valence-corrected chi connectivity index (χ3v) is 4.13. The van der Waals surface area contributed by atoms with Crippen molar-refractivity contribution in [3.05, 3.63) is 70.6 Å². The third kappa shape index (κ3) is 4.67. The fourth-order valence-electron chi connectivity index (χ4n) is 2.38. The van der Waals surface area contributed by atoms with Gasteiger partial charge in [0.1, 0.15) is 0 Å². The van der Waals surface area contributed by atoms with E-state index in [1.165, 1.54) is 0 Å². The number of carbonyl (C=O) groups excluding carboxylic acids is 1. The lowest BCUT2D eigenvalue weighted by Gasteiger charge is -2.07. The summed E-state index contributed by atoms with van der Waals surface area (Å²) in [7, 11) is 0. The van der Waals surface area contributed by atoms with Gasteiger partial charge in [0.15, 0.2) is 0 Å². The third-order valence-electron chi connectivity index (χ3n) is 3.87. The van der Waals surface area contributed by atoms with Crippen molar-refractivity contribution < 1.29 is 9.32 Å². The Bertz CT molecular complexity index is 859. The highest BCUT2D eigenvalue weighted by molar-refractivity contribution is 6.30. The Hall–Kier alpha value is -2.66. The van der Waals surface area contributed by atoms with E-state index >= 15 is 0 Å². The second-order valence-electron chi connectivity index (χ2n) is 5.72. The molecule has 0 aliphatic rings. The van der Waals surface area contributed by atoms with Gasteiger partial charge in [0, 0.05) is 30.0 Å². The smallest absolute Gasteiger partial charge is 0.227 e. The number of nitrogens with zero attached hydrogens (tertiary/aromatic N) is 2. The average molecular weight is 356 g/mol. The zero-order chi connectivity index (χ0) is 17.6. The van der Waals surface area contributed by atoms with E-state index in [2.05, 4.69) is 15.5 Å². The first-order valence-electron chi connectivity index (χ1n) is 8.01. The summed E-state index contributed by atoms with van der Waals surface area (Å²) in [5, 5.41) is 7.50. The number of hydrogen-bond donors (Lipinski definition) is 1. The summed E-state index contributed by atoms with van der Waals surface area (Å²) in [4.78, 5) is 16.3. The highest BCUT2D eigenvalue weighted by Crippen LogP contribution is 2.19. The predicted octanol–water partition coefficient (Wildman–Crippen LogP) is 3.95. The Morgan fingerprint density at radius 3 is 2.68 bits per heavy atom. The van der Waals surface area contributed by atoms with E-state index < -0.39 is 0 Å². The lowest BCUT2D eigenvalue weighted by Crippen LogP contribution is -2.23. The van der Waals surface area contributed by atoms with E-state index in [0.717, 1.165) is 16.7 Å². The molecule has 0 bridgehead atoms. The number of aromatic nitrogens is 2. The normalized spacial score (nSPS) is 10.6. The van der Waals surface area contributed by atoms with Gasteiger partial charge >= 0.3 is 0 Å². The number of amides is 1. The van der Waals surface area contributed by atoms with Crippen molar-refractivity contribution in [1.82, 2.24) is 15.5 Å². The van der Waals surface area contributed by atoms with Crippen LogP contribution in [0, 0.1) is 6.92 Å². The summed E-state index contributed by atoms with van der Waals surface area (Å²) in [5.41, 5.74) is 3.09. The van der Waals surface area contributed by atoms with E-state index in [4.69, 9.17) is 16.1 Å². The molecule has 0 aliphatic heterocycles. The summed E-state index contributed by atoms with van der Waals surface area (Å²) in [6.07, 6.45) is 0.703. The van der Waals surface area contributed by atoms with Crippen molar-refractivity contribution in [2.75, 3.05) is 0 Å². The highest BCUT2D eigenvalue weighted by Gasteiger charge is 2.11. The Balaban J connectivity index is 1.51. The van der Waals surface area contributed by atoms with Crippen molar-refractivity contribution in [3.8, 4) is 11.4 Å². The first-order valence-corrected chi connectivity index (χ1v) is 8.39. The Morgan fingerprint density at radius 2 is 1.92 bits per heavy atom. The highest BCUT2D eigenvalue weighted by atomic mass is 35.5. The molecule has 1 amide bonds. The van der Waals surface area contributed by atoms with Crippen LogP contribution in [0.2, 0.25) is 5.02 Å². The maximum Gasteiger partial charge on any atom is 0.227 e. The van der Waals surface area contributed by atoms with Gasteiger partial charge in [-0.15, -0.1) is 0 Å². The van der Waals surface area contributed by atoms with Gasteiger partial charge in [0.05, 0.1) is 0 Å². The number of hydrogen-bond acceptors (Lipinski definition) is 4. The molecule has 1 heterocycles. The van der Waals surface area contributed by atoms with E-state index in [-0.39, 0.29) is 5.91 Å². The number of nitrogens with one attached hydrogen (secondary N) is 1. The summed E-state index contributed by atoms with van der Waals surface area (Å²) >= 11 is 5.86. The Labute approximate surface area is 151 Å². The minimum Gasteiger partial charge on any atom is -0.352 e. The predicted molar refractivity (Wildman–Crippen MR) is 96.1 cm³/mol. The molecule has 1 aromatic heterocycles. The minimum atomic E-state index is -0.0468. The second kappa shape index (κ2) is 7.94. The molecule has 3 aromatic rings. The second-order valence-corrected chi connectivity index (χ2v) is 6.16. The lowest BCUT2D eigenvalue weighted by molar-refractivity contribution is -0.121. The van der Waals surface area contributed by atoms with Crippen LogP contribution >= 0.6 is 11.6 Å². The van der Waals surface area contributed by atoms with Crippen molar-refractivity contribution in [3.63, 3.8) is 0 Å². The summed E-state index contributed by atoms with van der Waals surface area (Å²) in [6.45, 7) is 2.55. The molecule has 3 rings (SSSR count). The fourth-order valence-corrected chi connectivity index (χ4v) is 2.51. The molecule has 0 saturated carbocycles. The fraction of sp³-hybridized carbons (Fsp3) is 0.211. The first kappa shape index (κ1) is 17.2. The molecule has 0 radical (unpaired) electrons. The van der Waals surface area contributed by atoms with Gasteiger partial charge in [-0.3, -0.25) is 4.79 Å². The van der Waals surface area contributed by atoms with E-state index in [1.54, 1.807) is 12.1 Å². The number of aryl methyl sites for hydroxylation is 2. The molecule has 0 saturated heterocycles. The van der Waals surface area contributed by atoms with Crippen molar-refractivity contribution >= 4 is 17.5 Å². The van der Waals surface area contributed by atoms with Crippen molar-refractivity contribution in [2.24, 2.45) is 0 Å². The number of benzene rings is 2. The molecule has 5 nitrogen and oxygen atoms in total. The van der Waals surface area contributed by atoms with Gasteiger partial charge in [-0.25, -0.2) is 0 Å². The molecule has 0 unspecified atom stereocenters. The molecule has 6 heteroatoms. The number of carbonyl (C=O) groups is 1. The Morgan fingerprint density at radius 1 is 1.16 bits per heavy atom. The number of rotatable bonds is 6. The monoisotopic (exact) mass is 355 g/mol. The zero-order valence-corrected chi connectivity index (χ0v) is 14.6. The van der Waals surface area contributed by atoms with Crippen molar-refractivity contribution in [1.29, 1.82) is 0 Å². The molecular formula is C19H18ClN3O2. The first-order chi connectivity index (χ1) is 12.1. The Kier molecular flexibility index (Phi) is 5.46. The maximum atomic E-state index is 12.0. The van der Waals surface area contributed by atoms with E-state index in [1.807, 2.05) is 43.3 Å². The zero-order valence-electron chi connectivity index (χ0n) is 13.8. The largest absolute Gasteiger partial charge is 0.352 e. The van der Waals surface area contributed by atoms with Crippen LogP contribution in [0.3, 0.4) is 0 Å². The van der Waals surface area contributed by atoms with Crippen LogP contribution in [0.4, 0.5) is 0 Å². The summed E-state index contributed by atoms with van der Waals surface area (Å²) < 4.78 is 5.21. The molecule has 25 heavy (non-hydrogen) atoms. The molecular weight excluding hydrogens is 338 g/mol. The number of halogens is 1. The van der Waals surface area contributed by atoms with E-state index in [0.29, 0.717) is 36.1 Å². The van der Waals surface area contributed by atoms with Gasteiger partial charge in [-0.2, -0.15) is 4.98 Å². The molecule has 0 aliphatic carbocycles. The SMILES string of the molecule is Cc1ccccc1CNC(=O)CCc1nc(-c2ccc(Cl)cc2)no1. The quantitative estimate of drug-likeness (QED) is 0.727. The van der Waals surface area contributed by atoms with Crippen LogP contribution in [0.5, 0.6) is 0 Å². The topological polar surface area (TPSA) is 68.0 Å². The van der Waals surface area contributed by atoms with Crippen LogP contribution in [0.1, 0.15) is 23.4 Å². The van der Waals surface area contributed by atoms with Gasteiger partial charge in [0.2, 0.25) is 17.6 Å². The average Bonchev–Trinajstić information content (AvgIpc) is 3.09. The summed E-state index contributed by atoms with van der Waals surface area (Å²) in [6, 6.07) is 15.2.